The van der Waals surface area contributed by atoms with Crippen LogP contribution in [0, 0.1) is 12.8 Å². The van der Waals surface area contributed by atoms with Crippen molar-refractivity contribution in [3.05, 3.63) is 35.9 Å². The average Bonchev–Trinajstić information content (AvgIpc) is 3.15. The Labute approximate surface area is 143 Å². The van der Waals surface area contributed by atoms with Crippen LogP contribution in [-0.4, -0.2) is 42.0 Å². The number of anilines is 1. The Morgan fingerprint density at radius 2 is 1.79 bits per heavy atom. The van der Waals surface area contributed by atoms with Crippen molar-refractivity contribution in [3.8, 4) is 0 Å². The first-order valence-corrected chi connectivity index (χ1v) is 9.12. The van der Waals surface area contributed by atoms with Gasteiger partial charge in [0.2, 0.25) is 5.91 Å². The minimum Gasteiger partial charge on any atom is -0.353 e. The van der Waals surface area contributed by atoms with Crippen LogP contribution in [0.25, 0.3) is 10.9 Å². The molecular weight excluding hydrogens is 298 g/mol. The standard InChI is InChI=1S/C20H25N3O/c1-15-14-17-8-4-5-9-18(17)21-19(15)22-10-12-23(13-11-22)20(24)16-6-2-3-7-16/h4-5,8-9,14,16H,2-3,6-7,10-13H2,1H3. The number of nitrogens with zero attached hydrogens (tertiary/aromatic N) is 3. The number of hydrogen-bond acceptors (Lipinski definition) is 3. The molecule has 0 spiro atoms. The number of para-hydroxylation sites is 1. The van der Waals surface area contributed by atoms with Gasteiger partial charge in [0.05, 0.1) is 5.52 Å². The minimum absolute atomic E-state index is 0.289. The van der Waals surface area contributed by atoms with Crippen LogP contribution in [0.15, 0.2) is 30.3 Å². The number of amides is 1. The molecule has 0 N–H and O–H groups in total. The lowest BCUT2D eigenvalue weighted by molar-refractivity contribution is -0.135. The average molecular weight is 323 g/mol. The van der Waals surface area contributed by atoms with Crippen LogP contribution < -0.4 is 4.90 Å². The van der Waals surface area contributed by atoms with E-state index >= 15 is 0 Å². The molecule has 24 heavy (non-hydrogen) atoms. The molecule has 2 aromatic rings. The Balaban J connectivity index is 1.47. The molecule has 2 heterocycles. The number of carbonyl (C=O) groups is 1. The molecular formula is C20H25N3O. The lowest BCUT2D eigenvalue weighted by atomic mass is 10.1. The van der Waals surface area contributed by atoms with E-state index in [0.29, 0.717) is 5.91 Å². The van der Waals surface area contributed by atoms with Crippen molar-refractivity contribution in [2.45, 2.75) is 32.6 Å². The Morgan fingerprint density at radius 1 is 1.08 bits per heavy atom. The van der Waals surface area contributed by atoms with Gasteiger partial charge in [0.1, 0.15) is 5.82 Å². The van der Waals surface area contributed by atoms with Crippen LogP contribution in [-0.2, 0) is 4.79 Å². The maximum atomic E-state index is 12.6. The van der Waals surface area contributed by atoms with Crippen molar-refractivity contribution in [1.29, 1.82) is 0 Å². The third kappa shape index (κ3) is 2.85. The van der Waals surface area contributed by atoms with Crippen molar-refractivity contribution >= 4 is 22.6 Å². The summed E-state index contributed by atoms with van der Waals surface area (Å²) in [6.07, 6.45) is 4.61. The highest BCUT2D eigenvalue weighted by atomic mass is 16.2. The summed E-state index contributed by atoms with van der Waals surface area (Å²) in [6, 6.07) is 10.5. The molecule has 1 aliphatic carbocycles. The van der Waals surface area contributed by atoms with Gasteiger partial charge in [-0.3, -0.25) is 4.79 Å². The van der Waals surface area contributed by atoms with Gasteiger partial charge in [-0.25, -0.2) is 4.98 Å². The van der Waals surface area contributed by atoms with Gasteiger partial charge in [-0.2, -0.15) is 0 Å². The first-order chi connectivity index (χ1) is 11.7. The zero-order chi connectivity index (χ0) is 16.5. The van der Waals surface area contributed by atoms with Crippen LogP contribution >= 0.6 is 0 Å². The van der Waals surface area contributed by atoms with E-state index in [4.69, 9.17) is 4.98 Å². The van der Waals surface area contributed by atoms with Gasteiger partial charge in [0.25, 0.3) is 0 Å². The van der Waals surface area contributed by atoms with Gasteiger partial charge < -0.3 is 9.80 Å². The van der Waals surface area contributed by atoms with E-state index in [1.54, 1.807) is 0 Å². The second-order valence-electron chi connectivity index (χ2n) is 7.12. The number of rotatable bonds is 2. The topological polar surface area (TPSA) is 36.4 Å². The molecule has 4 nitrogen and oxygen atoms in total. The number of pyridine rings is 1. The summed E-state index contributed by atoms with van der Waals surface area (Å²) in [5.41, 5.74) is 2.26. The lowest BCUT2D eigenvalue weighted by Crippen LogP contribution is -2.50. The fourth-order valence-electron chi connectivity index (χ4n) is 4.10. The van der Waals surface area contributed by atoms with Gasteiger partial charge in [-0.15, -0.1) is 0 Å². The van der Waals surface area contributed by atoms with E-state index in [2.05, 4.69) is 41.0 Å². The van der Waals surface area contributed by atoms with Gasteiger partial charge in [0, 0.05) is 37.5 Å². The maximum absolute atomic E-state index is 12.6. The number of hydrogen-bond donors (Lipinski definition) is 0. The van der Waals surface area contributed by atoms with Gasteiger partial charge in [0.15, 0.2) is 0 Å². The van der Waals surface area contributed by atoms with Gasteiger partial charge in [-0.1, -0.05) is 31.0 Å². The summed E-state index contributed by atoms with van der Waals surface area (Å²) in [5, 5.41) is 1.19. The first-order valence-electron chi connectivity index (χ1n) is 9.12. The predicted octanol–water partition coefficient (Wildman–Crippen LogP) is 3.38. The fourth-order valence-corrected chi connectivity index (χ4v) is 4.10. The molecule has 0 bridgehead atoms. The Morgan fingerprint density at radius 3 is 2.54 bits per heavy atom. The molecule has 126 valence electrons. The highest BCUT2D eigenvalue weighted by Crippen LogP contribution is 2.28. The summed E-state index contributed by atoms with van der Waals surface area (Å²) in [6.45, 7) is 5.53. The summed E-state index contributed by atoms with van der Waals surface area (Å²) >= 11 is 0. The second kappa shape index (κ2) is 6.42. The molecule has 1 aromatic heterocycles. The Kier molecular flexibility index (Phi) is 4.13. The van der Waals surface area contributed by atoms with E-state index in [1.165, 1.54) is 23.8 Å². The van der Waals surface area contributed by atoms with Crippen LogP contribution in [0.3, 0.4) is 0 Å². The number of piperazine rings is 1. The number of benzene rings is 1. The summed E-state index contributed by atoms with van der Waals surface area (Å²) in [7, 11) is 0. The molecule has 0 radical (unpaired) electrons. The first kappa shape index (κ1) is 15.4. The molecule has 1 amide bonds. The molecule has 2 fully saturated rings. The van der Waals surface area contributed by atoms with E-state index in [1.807, 2.05) is 6.07 Å². The Bertz CT molecular complexity index is 744. The highest BCUT2D eigenvalue weighted by molar-refractivity contribution is 5.82. The van der Waals surface area contributed by atoms with Crippen molar-refractivity contribution in [2.24, 2.45) is 5.92 Å². The molecule has 0 atom stereocenters. The normalized spacial score (nSPS) is 19.2. The predicted molar refractivity (Wildman–Crippen MR) is 97.2 cm³/mol. The molecule has 1 saturated heterocycles. The van der Waals surface area contributed by atoms with Crippen molar-refractivity contribution in [1.82, 2.24) is 9.88 Å². The monoisotopic (exact) mass is 323 g/mol. The third-order valence-corrected chi connectivity index (χ3v) is 5.48. The van der Waals surface area contributed by atoms with E-state index in [9.17, 15) is 4.79 Å². The molecule has 2 aliphatic rings. The minimum atomic E-state index is 0.289. The molecule has 1 saturated carbocycles. The van der Waals surface area contributed by atoms with Crippen molar-refractivity contribution in [2.75, 3.05) is 31.1 Å². The van der Waals surface area contributed by atoms with Gasteiger partial charge >= 0.3 is 0 Å². The zero-order valence-corrected chi connectivity index (χ0v) is 14.4. The number of fused-ring (bicyclic) bond motifs is 1. The van der Waals surface area contributed by atoms with Gasteiger partial charge in [-0.05, 0) is 37.5 Å². The summed E-state index contributed by atoms with van der Waals surface area (Å²) < 4.78 is 0. The highest BCUT2D eigenvalue weighted by Gasteiger charge is 2.29. The molecule has 1 aromatic carbocycles. The molecule has 0 unspecified atom stereocenters. The van der Waals surface area contributed by atoms with E-state index in [-0.39, 0.29) is 5.92 Å². The molecule has 1 aliphatic heterocycles. The van der Waals surface area contributed by atoms with E-state index < -0.39 is 0 Å². The van der Waals surface area contributed by atoms with E-state index in [0.717, 1.165) is 50.4 Å². The van der Waals surface area contributed by atoms with Crippen molar-refractivity contribution < 1.29 is 4.79 Å². The maximum Gasteiger partial charge on any atom is 0.225 e. The number of carbonyl (C=O) groups excluding carboxylic acids is 1. The fraction of sp³-hybridized carbons (Fsp3) is 0.500. The quantitative estimate of drug-likeness (QED) is 0.850. The van der Waals surface area contributed by atoms with Crippen molar-refractivity contribution in [3.63, 3.8) is 0 Å². The number of aryl methyl sites for hydroxylation is 1. The lowest BCUT2D eigenvalue weighted by Gasteiger charge is -2.37. The Hall–Kier alpha value is -2.10. The SMILES string of the molecule is Cc1cc2ccccc2nc1N1CCN(C(=O)C2CCCC2)CC1. The zero-order valence-electron chi connectivity index (χ0n) is 14.4. The van der Waals surface area contributed by atoms with Crippen LogP contribution in [0.1, 0.15) is 31.2 Å². The van der Waals surface area contributed by atoms with Crippen LogP contribution in [0.2, 0.25) is 0 Å². The molecule has 4 heteroatoms. The second-order valence-corrected chi connectivity index (χ2v) is 7.12. The summed E-state index contributed by atoms with van der Waals surface area (Å²) in [5.74, 6) is 1.74. The largest absolute Gasteiger partial charge is 0.353 e. The third-order valence-electron chi connectivity index (χ3n) is 5.48. The summed E-state index contributed by atoms with van der Waals surface area (Å²) in [4.78, 5) is 21.9. The van der Waals surface area contributed by atoms with Crippen LogP contribution in [0.4, 0.5) is 5.82 Å². The number of aromatic nitrogens is 1. The smallest absolute Gasteiger partial charge is 0.225 e. The van der Waals surface area contributed by atoms with Crippen LogP contribution in [0.5, 0.6) is 0 Å². The molecule has 4 rings (SSSR count).